The van der Waals surface area contributed by atoms with Gasteiger partial charge in [0.05, 0.1) is 0 Å². The summed E-state index contributed by atoms with van der Waals surface area (Å²) in [6.45, 7) is 0. The maximum atomic E-state index is 3.07. The van der Waals surface area contributed by atoms with Crippen LogP contribution in [0.1, 0.15) is 0 Å². The molecule has 0 aliphatic rings. The van der Waals surface area contributed by atoms with E-state index in [1.54, 1.807) is 0 Å². The predicted molar refractivity (Wildman–Crippen MR) is 54.7 cm³/mol. The summed E-state index contributed by atoms with van der Waals surface area (Å²) >= 11 is 6.13. The second kappa shape index (κ2) is 3.24. The Morgan fingerprint density at radius 1 is 1.00 bits per heavy atom. The van der Waals surface area contributed by atoms with Crippen LogP contribution in [0.4, 0.5) is 0 Å². The maximum absolute atomic E-state index is 3.07. The van der Waals surface area contributed by atoms with Crippen molar-refractivity contribution in [2.24, 2.45) is 0 Å². The van der Waals surface area contributed by atoms with Crippen molar-refractivity contribution >= 4 is 51.7 Å². The summed E-state index contributed by atoms with van der Waals surface area (Å²) in [6.07, 6.45) is 0. The zero-order valence-corrected chi connectivity index (χ0v) is 9.71. The van der Waals surface area contributed by atoms with E-state index in [0.29, 0.717) is 0 Å². The molecule has 0 aliphatic carbocycles. The first-order valence-electron chi connectivity index (χ1n) is 3.65. The van der Waals surface area contributed by atoms with Gasteiger partial charge in [-0.05, 0) is 0 Å². The van der Waals surface area contributed by atoms with E-state index in [9.17, 15) is 0 Å². The van der Waals surface area contributed by atoms with Crippen molar-refractivity contribution in [3.63, 3.8) is 0 Å². The molecule has 0 amide bonds. The quantitative estimate of drug-likeness (QED) is 0.615. The molecule has 0 aromatic heterocycles. The summed E-state index contributed by atoms with van der Waals surface area (Å²) < 4.78 is 2.42. The van der Waals surface area contributed by atoms with E-state index in [-0.39, 0.29) is 0 Å². The van der Waals surface area contributed by atoms with Crippen LogP contribution in [0.15, 0.2) is 36.4 Å². The van der Waals surface area contributed by atoms with Crippen molar-refractivity contribution in [1.29, 1.82) is 0 Å². The first-order valence-corrected chi connectivity index (χ1v) is 5.36. The predicted octanol–water partition coefficient (Wildman–Crippen LogP) is 0.427. The Balaban J connectivity index is 2.96. The number of rotatable bonds is 0. The summed E-state index contributed by atoms with van der Waals surface area (Å²) in [5, 5.41) is 2.57. The first-order chi connectivity index (χ1) is 5.79. The fraction of sp³-hybridized carbons (Fsp3) is 0. The standard InChI is InChI=1S/C10H6Se2/c11-8-5-1-3-7-4-2-6-9(12)10(7)8/h1-6H/q+1. The Labute approximate surface area is 88.0 Å². The second-order valence-corrected chi connectivity index (χ2v) is 4.46. The van der Waals surface area contributed by atoms with E-state index in [1.165, 1.54) is 19.7 Å². The molecule has 2 rings (SSSR count). The average molecular weight is 284 g/mol. The van der Waals surface area contributed by atoms with Gasteiger partial charge < -0.3 is 0 Å². The molecule has 0 atom stereocenters. The molecule has 57 valence electrons. The molecule has 0 saturated carbocycles. The van der Waals surface area contributed by atoms with Gasteiger partial charge in [-0.15, -0.1) is 0 Å². The van der Waals surface area contributed by atoms with E-state index < -0.39 is 0 Å². The van der Waals surface area contributed by atoms with Crippen LogP contribution in [-0.2, 0) is 0 Å². The van der Waals surface area contributed by atoms with Gasteiger partial charge in [0.15, 0.2) is 0 Å². The van der Waals surface area contributed by atoms with Gasteiger partial charge in [-0.1, -0.05) is 0 Å². The Kier molecular flexibility index (Phi) is 2.25. The van der Waals surface area contributed by atoms with Crippen LogP contribution in [0, 0.1) is 0 Å². The molecule has 0 N–H and O–H groups in total. The number of hydrogen-bond donors (Lipinski definition) is 0. The average Bonchev–Trinajstić information content (AvgIpc) is 2.04. The number of benzene rings is 2. The minimum absolute atomic E-state index is 1.21. The van der Waals surface area contributed by atoms with Crippen LogP contribution >= 0.6 is 0 Å². The normalized spacial score (nSPS) is 10.3. The Bertz CT molecular complexity index is 384. The Hall–Kier alpha value is -0.261. The molecule has 0 heterocycles. The third-order valence-electron chi connectivity index (χ3n) is 1.83. The summed E-state index contributed by atoms with van der Waals surface area (Å²) in [6, 6.07) is 12.5. The van der Waals surface area contributed by atoms with Gasteiger partial charge in [0.1, 0.15) is 0 Å². The SMILES string of the molecule is [Se]c1cccc2cccc([Se+])c12. The van der Waals surface area contributed by atoms with Crippen LogP contribution in [0.5, 0.6) is 0 Å². The molecular formula is C10H6Se2+. The van der Waals surface area contributed by atoms with Crippen LogP contribution in [0.2, 0.25) is 0 Å². The minimum atomic E-state index is 1.21. The van der Waals surface area contributed by atoms with E-state index in [4.69, 9.17) is 0 Å². The topological polar surface area (TPSA) is 0 Å². The van der Waals surface area contributed by atoms with Crippen molar-refractivity contribution in [3.05, 3.63) is 36.4 Å². The molecule has 0 aliphatic heterocycles. The first kappa shape index (κ1) is 8.34. The van der Waals surface area contributed by atoms with Gasteiger partial charge in [-0.25, -0.2) is 0 Å². The van der Waals surface area contributed by atoms with Gasteiger partial charge in [0.2, 0.25) is 0 Å². The third kappa shape index (κ3) is 1.32. The number of hydrogen-bond acceptors (Lipinski definition) is 0. The van der Waals surface area contributed by atoms with Gasteiger partial charge in [-0.2, -0.15) is 0 Å². The molecule has 2 heteroatoms. The molecule has 0 saturated heterocycles. The van der Waals surface area contributed by atoms with Crippen LogP contribution in [0.25, 0.3) is 10.8 Å². The molecule has 0 bridgehead atoms. The summed E-state index contributed by atoms with van der Waals surface area (Å²) in [5.74, 6) is 0. The van der Waals surface area contributed by atoms with Gasteiger partial charge in [0, 0.05) is 0 Å². The van der Waals surface area contributed by atoms with E-state index in [1.807, 2.05) is 0 Å². The molecule has 2 aromatic rings. The Morgan fingerprint density at radius 3 is 2.33 bits per heavy atom. The van der Waals surface area contributed by atoms with Crippen LogP contribution in [-0.4, -0.2) is 32.0 Å². The van der Waals surface area contributed by atoms with Crippen molar-refractivity contribution in [3.8, 4) is 0 Å². The molecule has 3 radical (unpaired) electrons. The van der Waals surface area contributed by atoms with Gasteiger partial charge in [0.25, 0.3) is 0 Å². The van der Waals surface area contributed by atoms with Crippen molar-refractivity contribution < 1.29 is 0 Å². The second-order valence-electron chi connectivity index (χ2n) is 2.61. The van der Waals surface area contributed by atoms with Crippen molar-refractivity contribution in [2.75, 3.05) is 0 Å². The molecular weight excluding hydrogens is 278 g/mol. The van der Waals surface area contributed by atoms with Crippen molar-refractivity contribution in [1.82, 2.24) is 0 Å². The summed E-state index contributed by atoms with van der Waals surface area (Å²) in [7, 11) is 0. The molecule has 0 unspecified atom stereocenters. The van der Waals surface area contributed by atoms with E-state index >= 15 is 0 Å². The van der Waals surface area contributed by atoms with Crippen LogP contribution < -0.4 is 8.92 Å². The molecule has 0 fully saturated rings. The monoisotopic (exact) mass is 286 g/mol. The summed E-state index contributed by atoms with van der Waals surface area (Å²) in [4.78, 5) is 0. The summed E-state index contributed by atoms with van der Waals surface area (Å²) in [5.41, 5.74) is 0. The number of fused-ring (bicyclic) bond motifs is 1. The molecule has 2 aromatic carbocycles. The molecule has 0 nitrogen and oxygen atoms in total. The Morgan fingerprint density at radius 2 is 1.67 bits per heavy atom. The van der Waals surface area contributed by atoms with Gasteiger partial charge >= 0.3 is 88.1 Å². The zero-order chi connectivity index (χ0) is 8.55. The van der Waals surface area contributed by atoms with Crippen molar-refractivity contribution in [2.45, 2.75) is 0 Å². The third-order valence-corrected chi connectivity index (χ3v) is 3.26. The zero-order valence-electron chi connectivity index (χ0n) is 6.28. The fourth-order valence-electron chi connectivity index (χ4n) is 1.27. The van der Waals surface area contributed by atoms with Crippen LogP contribution in [0.3, 0.4) is 0 Å². The molecule has 12 heavy (non-hydrogen) atoms. The molecule has 0 spiro atoms. The van der Waals surface area contributed by atoms with E-state index in [2.05, 4.69) is 68.4 Å². The van der Waals surface area contributed by atoms with Gasteiger partial charge in [-0.3, -0.25) is 0 Å². The van der Waals surface area contributed by atoms with E-state index in [0.717, 1.165) is 0 Å². The fourth-order valence-corrected chi connectivity index (χ4v) is 2.89.